The van der Waals surface area contributed by atoms with E-state index >= 15 is 0 Å². The Hall–Kier alpha value is -1.49. The van der Waals surface area contributed by atoms with Gasteiger partial charge in [-0.05, 0) is 0 Å². The van der Waals surface area contributed by atoms with Crippen LogP contribution in [0.2, 0.25) is 0 Å². The topological polar surface area (TPSA) is 53.7 Å². The molecule has 5 heteroatoms. The van der Waals surface area contributed by atoms with Crippen molar-refractivity contribution in [2.75, 3.05) is 26.1 Å². The molecule has 1 aliphatic heterocycles. The molecule has 16 heavy (non-hydrogen) atoms. The summed E-state index contributed by atoms with van der Waals surface area (Å²) in [5.74, 6) is 0.0852. The molecule has 0 aromatic heterocycles. The number of nitrogen functional groups attached to an aromatic ring is 1. The first-order valence-electron chi connectivity index (χ1n) is 5.08. The Bertz CT molecular complexity index is 378. The highest BCUT2D eigenvalue weighted by Gasteiger charge is 2.19. The Balaban J connectivity index is 2.18. The number of halogens is 1. The predicted molar refractivity (Wildman–Crippen MR) is 57.2 cm³/mol. The Morgan fingerprint density at radius 2 is 2.25 bits per heavy atom. The average molecular weight is 227 g/mol. The molecule has 1 fully saturated rings. The number of anilines is 1. The van der Waals surface area contributed by atoms with Gasteiger partial charge in [0.25, 0.3) is 0 Å². The SMILES string of the molecule is COc1cc(OC2CCOC2)c(F)cc1N. The second-order valence-electron chi connectivity index (χ2n) is 3.63. The van der Waals surface area contributed by atoms with Crippen LogP contribution in [0.4, 0.5) is 10.1 Å². The smallest absolute Gasteiger partial charge is 0.167 e. The summed E-state index contributed by atoms with van der Waals surface area (Å²) in [7, 11) is 1.48. The van der Waals surface area contributed by atoms with Crippen molar-refractivity contribution in [3.63, 3.8) is 0 Å². The second kappa shape index (κ2) is 4.57. The van der Waals surface area contributed by atoms with Crippen molar-refractivity contribution in [2.24, 2.45) is 0 Å². The Morgan fingerprint density at radius 1 is 1.44 bits per heavy atom. The molecule has 0 radical (unpaired) electrons. The monoisotopic (exact) mass is 227 g/mol. The molecule has 0 aliphatic carbocycles. The van der Waals surface area contributed by atoms with E-state index in [-0.39, 0.29) is 17.5 Å². The minimum absolute atomic E-state index is 0.0946. The number of nitrogens with two attached hydrogens (primary N) is 1. The van der Waals surface area contributed by atoms with Crippen molar-refractivity contribution in [1.29, 1.82) is 0 Å². The lowest BCUT2D eigenvalue weighted by Gasteiger charge is -2.14. The molecule has 0 amide bonds. The van der Waals surface area contributed by atoms with E-state index in [1.54, 1.807) is 0 Å². The first-order valence-corrected chi connectivity index (χ1v) is 5.08. The van der Waals surface area contributed by atoms with Crippen LogP contribution in [0.25, 0.3) is 0 Å². The number of ether oxygens (including phenoxy) is 3. The first-order chi connectivity index (χ1) is 7.70. The third kappa shape index (κ3) is 2.19. The van der Waals surface area contributed by atoms with Gasteiger partial charge >= 0.3 is 0 Å². The van der Waals surface area contributed by atoms with Crippen LogP contribution in [-0.2, 0) is 4.74 Å². The average Bonchev–Trinajstić information content (AvgIpc) is 2.75. The third-order valence-electron chi connectivity index (χ3n) is 2.47. The van der Waals surface area contributed by atoms with Gasteiger partial charge in [0.2, 0.25) is 0 Å². The van der Waals surface area contributed by atoms with E-state index in [0.29, 0.717) is 19.0 Å². The molecule has 1 unspecified atom stereocenters. The zero-order chi connectivity index (χ0) is 11.5. The summed E-state index contributed by atoms with van der Waals surface area (Å²) in [4.78, 5) is 0. The number of rotatable bonds is 3. The van der Waals surface area contributed by atoms with E-state index in [4.69, 9.17) is 19.9 Å². The van der Waals surface area contributed by atoms with Gasteiger partial charge in [-0.1, -0.05) is 0 Å². The van der Waals surface area contributed by atoms with Crippen LogP contribution < -0.4 is 15.2 Å². The maximum absolute atomic E-state index is 13.5. The van der Waals surface area contributed by atoms with Crippen LogP contribution in [0, 0.1) is 5.82 Å². The maximum Gasteiger partial charge on any atom is 0.167 e. The standard InChI is InChI=1S/C11H14FNO3/c1-14-11-5-10(8(12)4-9(11)13)16-7-2-3-15-6-7/h4-5,7H,2-3,6,13H2,1H3. The molecular formula is C11H14FNO3. The molecule has 0 spiro atoms. The van der Waals surface area contributed by atoms with Gasteiger partial charge < -0.3 is 19.9 Å². The van der Waals surface area contributed by atoms with Crippen LogP contribution in [0.3, 0.4) is 0 Å². The van der Waals surface area contributed by atoms with Gasteiger partial charge in [-0.15, -0.1) is 0 Å². The minimum atomic E-state index is -0.481. The third-order valence-corrected chi connectivity index (χ3v) is 2.47. The fourth-order valence-corrected chi connectivity index (χ4v) is 1.60. The lowest BCUT2D eigenvalue weighted by molar-refractivity contribution is 0.138. The second-order valence-corrected chi connectivity index (χ2v) is 3.63. The Labute approximate surface area is 93.1 Å². The van der Waals surface area contributed by atoms with Crippen LogP contribution >= 0.6 is 0 Å². The van der Waals surface area contributed by atoms with Gasteiger partial charge in [0, 0.05) is 18.6 Å². The number of methoxy groups -OCH3 is 1. The summed E-state index contributed by atoms with van der Waals surface area (Å²) < 4.78 is 29.1. The predicted octanol–water partition coefficient (Wildman–Crippen LogP) is 1.58. The fourth-order valence-electron chi connectivity index (χ4n) is 1.60. The summed E-state index contributed by atoms with van der Waals surface area (Å²) in [5, 5.41) is 0. The van der Waals surface area contributed by atoms with E-state index in [0.717, 1.165) is 6.42 Å². The molecule has 0 saturated carbocycles. The molecular weight excluding hydrogens is 213 g/mol. The molecule has 1 atom stereocenters. The van der Waals surface area contributed by atoms with Crippen molar-refractivity contribution < 1.29 is 18.6 Å². The fraction of sp³-hybridized carbons (Fsp3) is 0.455. The van der Waals surface area contributed by atoms with Crippen LogP contribution in [0.1, 0.15) is 6.42 Å². The van der Waals surface area contributed by atoms with E-state index in [9.17, 15) is 4.39 Å². The van der Waals surface area contributed by atoms with E-state index in [2.05, 4.69) is 0 Å². The van der Waals surface area contributed by atoms with Gasteiger partial charge in [0.15, 0.2) is 11.6 Å². The normalized spacial score (nSPS) is 19.8. The quantitative estimate of drug-likeness (QED) is 0.796. The molecule has 2 rings (SSSR count). The van der Waals surface area contributed by atoms with E-state index < -0.39 is 5.82 Å². The summed E-state index contributed by atoms with van der Waals surface area (Å²) in [6.45, 7) is 1.14. The van der Waals surface area contributed by atoms with Crippen molar-refractivity contribution in [1.82, 2.24) is 0 Å². The molecule has 1 aliphatic rings. The van der Waals surface area contributed by atoms with E-state index in [1.165, 1.54) is 19.2 Å². The molecule has 1 aromatic carbocycles. The minimum Gasteiger partial charge on any atom is -0.494 e. The van der Waals surface area contributed by atoms with Gasteiger partial charge in [-0.3, -0.25) is 0 Å². The van der Waals surface area contributed by atoms with Crippen molar-refractivity contribution in [3.05, 3.63) is 17.9 Å². The largest absolute Gasteiger partial charge is 0.494 e. The molecule has 4 nitrogen and oxygen atoms in total. The highest BCUT2D eigenvalue weighted by atomic mass is 19.1. The summed E-state index contributed by atoms with van der Waals surface area (Å²) in [6.07, 6.45) is 0.675. The highest BCUT2D eigenvalue weighted by Crippen LogP contribution is 2.31. The van der Waals surface area contributed by atoms with Crippen LogP contribution in [0.5, 0.6) is 11.5 Å². The summed E-state index contributed by atoms with van der Waals surface area (Å²) in [6, 6.07) is 2.66. The molecule has 1 saturated heterocycles. The van der Waals surface area contributed by atoms with Crippen molar-refractivity contribution in [2.45, 2.75) is 12.5 Å². The maximum atomic E-state index is 13.5. The van der Waals surface area contributed by atoms with Gasteiger partial charge in [-0.2, -0.15) is 0 Å². The number of benzene rings is 1. The molecule has 0 bridgehead atoms. The number of hydrogen-bond acceptors (Lipinski definition) is 4. The lowest BCUT2D eigenvalue weighted by Crippen LogP contribution is -2.16. The summed E-state index contributed by atoms with van der Waals surface area (Å²) in [5.41, 5.74) is 5.82. The van der Waals surface area contributed by atoms with Gasteiger partial charge in [-0.25, -0.2) is 4.39 Å². The molecule has 88 valence electrons. The zero-order valence-corrected chi connectivity index (χ0v) is 9.03. The van der Waals surface area contributed by atoms with Crippen molar-refractivity contribution >= 4 is 5.69 Å². The molecule has 1 aromatic rings. The molecule has 2 N–H and O–H groups in total. The highest BCUT2D eigenvalue weighted by molar-refractivity contribution is 5.56. The van der Waals surface area contributed by atoms with Gasteiger partial charge in [0.05, 0.1) is 26.0 Å². The zero-order valence-electron chi connectivity index (χ0n) is 9.03. The van der Waals surface area contributed by atoms with Gasteiger partial charge in [0.1, 0.15) is 11.9 Å². The first kappa shape index (κ1) is 11.0. The van der Waals surface area contributed by atoms with E-state index in [1.807, 2.05) is 0 Å². The lowest BCUT2D eigenvalue weighted by atomic mass is 10.2. The Morgan fingerprint density at radius 3 is 2.88 bits per heavy atom. The van der Waals surface area contributed by atoms with Crippen molar-refractivity contribution in [3.8, 4) is 11.5 Å². The molecule has 1 heterocycles. The van der Waals surface area contributed by atoms with Crippen LogP contribution in [-0.4, -0.2) is 26.4 Å². The summed E-state index contributed by atoms with van der Waals surface area (Å²) >= 11 is 0. The van der Waals surface area contributed by atoms with Crippen LogP contribution in [0.15, 0.2) is 12.1 Å². The number of hydrogen-bond donors (Lipinski definition) is 1. The Kier molecular flexibility index (Phi) is 3.14.